The van der Waals surface area contributed by atoms with Gasteiger partial charge in [-0.2, -0.15) is 0 Å². The number of imide groups is 2. The Hall–Kier alpha value is -3.30. The Morgan fingerprint density at radius 1 is 1.03 bits per heavy atom. The fourth-order valence-corrected chi connectivity index (χ4v) is 3.51. The zero-order valence-electron chi connectivity index (χ0n) is 20.5. The number of rotatable bonds is 19. The van der Waals surface area contributed by atoms with Gasteiger partial charge in [0.05, 0.1) is 57.4 Å². The number of carbonyl (C=O) groups excluding carboxylic acids is 4. The molecule has 1 aliphatic rings. The quantitative estimate of drug-likeness (QED) is 0.122. The van der Waals surface area contributed by atoms with Crippen LogP contribution in [-0.2, 0) is 28.5 Å². The van der Waals surface area contributed by atoms with Crippen LogP contribution in [-0.4, -0.2) is 94.5 Å². The van der Waals surface area contributed by atoms with Crippen LogP contribution in [0.3, 0.4) is 0 Å². The molecule has 4 amide bonds. The van der Waals surface area contributed by atoms with E-state index in [1.54, 1.807) is 25.1 Å². The van der Waals surface area contributed by atoms with Gasteiger partial charge >= 0.3 is 0 Å². The molecule has 0 spiro atoms. The summed E-state index contributed by atoms with van der Waals surface area (Å²) in [5.74, 6) is 1.10. The third kappa shape index (κ3) is 9.05. The van der Waals surface area contributed by atoms with E-state index in [1.807, 2.05) is 5.32 Å². The summed E-state index contributed by atoms with van der Waals surface area (Å²) in [6.45, 7) is 5.40. The SMILES string of the molecule is C#CCOCCOCCOCCOCCNc1cccc2c1C(=O)N(C(C)CCC(=O)NC=O)C2=O. The van der Waals surface area contributed by atoms with E-state index in [1.165, 1.54) is 0 Å². The van der Waals surface area contributed by atoms with Crippen LogP contribution in [0.4, 0.5) is 5.69 Å². The van der Waals surface area contributed by atoms with E-state index in [0.717, 1.165) is 4.90 Å². The maximum absolute atomic E-state index is 13.0. The van der Waals surface area contributed by atoms with E-state index in [0.29, 0.717) is 76.0 Å². The smallest absolute Gasteiger partial charge is 0.263 e. The molecule has 36 heavy (non-hydrogen) atoms. The zero-order chi connectivity index (χ0) is 26.2. The van der Waals surface area contributed by atoms with Crippen molar-refractivity contribution in [3.63, 3.8) is 0 Å². The lowest BCUT2D eigenvalue weighted by Crippen LogP contribution is -2.38. The number of amides is 4. The molecule has 2 N–H and O–H groups in total. The first-order valence-electron chi connectivity index (χ1n) is 11.7. The number of carbonyl (C=O) groups is 4. The van der Waals surface area contributed by atoms with E-state index < -0.39 is 23.8 Å². The highest BCUT2D eigenvalue weighted by Gasteiger charge is 2.40. The number of terminal acetylenes is 1. The van der Waals surface area contributed by atoms with Crippen molar-refractivity contribution in [1.29, 1.82) is 0 Å². The number of hydrogen-bond acceptors (Lipinski definition) is 9. The average Bonchev–Trinajstić information content (AvgIpc) is 3.13. The van der Waals surface area contributed by atoms with E-state index in [9.17, 15) is 19.2 Å². The van der Waals surface area contributed by atoms with Crippen molar-refractivity contribution in [2.75, 3.05) is 64.7 Å². The predicted molar refractivity (Wildman–Crippen MR) is 130 cm³/mol. The number of fused-ring (bicyclic) bond motifs is 1. The first-order chi connectivity index (χ1) is 17.5. The summed E-state index contributed by atoms with van der Waals surface area (Å²) in [6.07, 6.45) is 5.65. The molecule has 1 aromatic carbocycles. The summed E-state index contributed by atoms with van der Waals surface area (Å²) in [4.78, 5) is 48.9. The molecule has 0 saturated carbocycles. The Kier molecular flexibility index (Phi) is 13.2. The molecule has 0 aliphatic carbocycles. The van der Waals surface area contributed by atoms with Crippen LogP contribution in [0.5, 0.6) is 0 Å². The minimum atomic E-state index is -0.502. The highest BCUT2D eigenvalue weighted by Crippen LogP contribution is 2.31. The molecule has 0 aromatic heterocycles. The van der Waals surface area contributed by atoms with Crippen molar-refractivity contribution >= 4 is 29.8 Å². The Balaban J connectivity index is 1.68. The van der Waals surface area contributed by atoms with Crippen LogP contribution in [0.25, 0.3) is 0 Å². The summed E-state index contributed by atoms with van der Waals surface area (Å²) in [7, 11) is 0. The Morgan fingerprint density at radius 3 is 2.31 bits per heavy atom. The van der Waals surface area contributed by atoms with Gasteiger partial charge in [-0.1, -0.05) is 12.0 Å². The van der Waals surface area contributed by atoms with Gasteiger partial charge in [-0.15, -0.1) is 6.42 Å². The lowest BCUT2D eigenvalue weighted by Gasteiger charge is -2.22. The van der Waals surface area contributed by atoms with E-state index in [2.05, 4.69) is 11.2 Å². The van der Waals surface area contributed by atoms with Crippen LogP contribution in [0, 0.1) is 12.3 Å². The number of benzene rings is 1. The lowest BCUT2D eigenvalue weighted by atomic mass is 10.1. The van der Waals surface area contributed by atoms with Crippen molar-refractivity contribution < 1.29 is 38.1 Å². The average molecular weight is 504 g/mol. The van der Waals surface area contributed by atoms with Crippen LogP contribution in [0.2, 0.25) is 0 Å². The van der Waals surface area contributed by atoms with Gasteiger partial charge in [0, 0.05) is 24.7 Å². The maximum Gasteiger partial charge on any atom is 0.263 e. The van der Waals surface area contributed by atoms with E-state index >= 15 is 0 Å². The van der Waals surface area contributed by atoms with Gasteiger partial charge in [0.2, 0.25) is 12.3 Å². The summed E-state index contributed by atoms with van der Waals surface area (Å²) in [5, 5.41) is 5.20. The second kappa shape index (κ2) is 16.4. The van der Waals surface area contributed by atoms with Crippen molar-refractivity contribution in [3.05, 3.63) is 29.3 Å². The summed E-state index contributed by atoms with van der Waals surface area (Å²) >= 11 is 0. The molecule has 0 saturated heterocycles. The topological polar surface area (TPSA) is 132 Å². The Morgan fingerprint density at radius 2 is 1.67 bits per heavy atom. The molecule has 1 aliphatic heterocycles. The summed E-state index contributed by atoms with van der Waals surface area (Å²) in [5.41, 5.74) is 1.16. The Labute approximate surface area is 210 Å². The molecule has 196 valence electrons. The number of ether oxygens (including phenoxy) is 4. The summed E-state index contributed by atoms with van der Waals surface area (Å²) in [6, 6.07) is 4.54. The number of nitrogens with one attached hydrogen (secondary N) is 2. The first kappa shape index (κ1) is 28.9. The van der Waals surface area contributed by atoms with Gasteiger partial charge in [-0.05, 0) is 25.5 Å². The molecule has 11 nitrogen and oxygen atoms in total. The first-order valence-corrected chi connectivity index (χ1v) is 11.7. The molecule has 2 rings (SSSR count). The normalized spacial score (nSPS) is 13.3. The third-order valence-corrected chi connectivity index (χ3v) is 5.26. The monoisotopic (exact) mass is 503 g/mol. The molecule has 0 radical (unpaired) electrons. The van der Waals surface area contributed by atoms with Crippen LogP contribution in [0.15, 0.2) is 18.2 Å². The van der Waals surface area contributed by atoms with Crippen molar-refractivity contribution in [2.45, 2.75) is 25.8 Å². The number of hydrogen-bond donors (Lipinski definition) is 2. The number of anilines is 1. The standard InChI is InChI=1S/C25H33N3O8/c1-3-10-33-12-14-35-16-17-36-15-13-34-11-9-26-21-6-4-5-20-23(21)25(32)28(24(20)31)19(2)7-8-22(30)27-18-29/h1,4-6,18-19,26H,7-17H2,2H3,(H,27,29,30). The predicted octanol–water partition coefficient (Wildman–Crippen LogP) is 0.835. The molecule has 11 heteroatoms. The zero-order valence-corrected chi connectivity index (χ0v) is 20.5. The van der Waals surface area contributed by atoms with Crippen LogP contribution in [0.1, 0.15) is 40.5 Å². The maximum atomic E-state index is 13.0. The molecule has 1 atom stereocenters. The third-order valence-electron chi connectivity index (χ3n) is 5.26. The fraction of sp³-hybridized carbons (Fsp3) is 0.520. The highest BCUT2D eigenvalue weighted by atomic mass is 16.6. The van der Waals surface area contributed by atoms with Gasteiger partial charge < -0.3 is 24.3 Å². The second-order valence-electron chi connectivity index (χ2n) is 7.80. The van der Waals surface area contributed by atoms with Gasteiger partial charge in [0.25, 0.3) is 11.8 Å². The van der Waals surface area contributed by atoms with Crippen LogP contribution < -0.4 is 10.6 Å². The second-order valence-corrected chi connectivity index (χ2v) is 7.80. The minimum absolute atomic E-state index is 0.0224. The lowest BCUT2D eigenvalue weighted by molar-refractivity contribution is -0.125. The largest absolute Gasteiger partial charge is 0.382 e. The van der Waals surface area contributed by atoms with Crippen molar-refractivity contribution in [2.24, 2.45) is 0 Å². The molecule has 1 heterocycles. The highest BCUT2D eigenvalue weighted by molar-refractivity contribution is 6.24. The fourth-order valence-electron chi connectivity index (χ4n) is 3.51. The van der Waals surface area contributed by atoms with Gasteiger partial charge in [-0.25, -0.2) is 0 Å². The van der Waals surface area contributed by atoms with Crippen LogP contribution >= 0.6 is 0 Å². The summed E-state index contributed by atoms with van der Waals surface area (Å²) < 4.78 is 21.4. The molecular weight excluding hydrogens is 470 g/mol. The molecule has 0 bridgehead atoms. The molecule has 1 unspecified atom stereocenters. The van der Waals surface area contributed by atoms with Gasteiger partial charge in [-0.3, -0.25) is 29.4 Å². The van der Waals surface area contributed by atoms with Crippen molar-refractivity contribution in [1.82, 2.24) is 10.2 Å². The Bertz CT molecular complexity index is 930. The molecular formula is C25H33N3O8. The molecule has 0 fully saturated rings. The van der Waals surface area contributed by atoms with Gasteiger partial charge in [0.15, 0.2) is 0 Å². The van der Waals surface area contributed by atoms with E-state index in [4.69, 9.17) is 25.4 Å². The minimum Gasteiger partial charge on any atom is -0.382 e. The number of nitrogens with zero attached hydrogens (tertiary/aromatic N) is 1. The van der Waals surface area contributed by atoms with E-state index in [-0.39, 0.29) is 19.4 Å². The van der Waals surface area contributed by atoms with Crippen molar-refractivity contribution in [3.8, 4) is 12.3 Å². The molecule has 1 aromatic rings. The van der Waals surface area contributed by atoms with Gasteiger partial charge in [0.1, 0.15) is 6.61 Å².